The van der Waals surface area contributed by atoms with Crippen molar-refractivity contribution >= 4 is 22.7 Å². The van der Waals surface area contributed by atoms with Crippen molar-refractivity contribution < 1.29 is 4.74 Å². The molecule has 0 aromatic carbocycles. The number of thiazole rings is 1. The summed E-state index contributed by atoms with van der Waals surface area (Å²) in [6.45, 7) is 1.77. The van der Waals surface area contributed by atoms with E-state index in [2.05, 4.69) is 22.9 Å². The predicted octanol–water partition coefficient (Wildman–Crippen LogP) is 3.77. The first kappa shape index (κ1) is 10.4. The molecule has 0 atom stereocenters. The average Bonchev–Trinajstić information content (AvgIpc) is 3.01. The SMILES string of the molecule is c1csc(-c2nc(C3CCOCC3)cs2)c1. The van der Waals surface area contributed by atoms with E-state index < -0.39 is 0 Å². The van der Waals surface area contributed by atoms with Crippen LogP contribution in [0.3, 0.4) is 0 Å². The highest BCUT2D eigenvalue weighted by Crippen LogP contribution is 2.33. The molecule has 0 saturated carbocycles. The Hall–Kier alpha value is -0.710. The molecule has 0 spiro atoms. The van der Waals surface area contributed by atoms with Crippen molar-refractivity contribution in [3.05, 3.63) is 28.6 Å². The van der Waals surface area contributed by atoms with E-state index in [1.54, 1.807) is 22.7 Å². The number of hydrogen-bond donors (Lipinski definition) is 0. The highest BCUT2D eigenvalue weighted by Gasteiger charge is 2.19. The first-order valence-electron chi connectivity index (χ1n) is 5.50. The topological polar surface area (TPSA) is 22.1 Å². The third-order valence-electron chi connectivity index (χ3n) is 2.89. The lowest BCUT2D eigenvalue weighted by atomic mass is 9.98. The number of hydrogen-bond acceptors (Lipinski definition) is 4. The van der Waals surface area contributed by atoms with E-state index >= 15 is 0 Å². The van der Waals surface area contributed by atoms with E-state index in [1.807, 2.05) is 0 Å². The Balaban J connectivity index is 1.82. The second kappa shape index (κ2) is 4.65. The Morgan fingerprint density at radius 1 is 1.25 bits per heavy atom. The van der Waals surface area contributed by atoms with Crippen molar-refractivity contribution in [2.45, 2.75) is 18.8 Å². The fourth-order valence-corrected chi connectivity index (χ4v) is 3.70. The zero-order valence-corrected chi connectivity index (χ0v) is 10.5. The summed E-state index contributed by atoms with van der Waals surface area (Å²) >= 11 is 3.52. The molecule has 0 amide bonds. The number of aromatic nitrogens is 1. The molecule has 0 bridgehead atoms. The molecule has 0 N–H and O–H groups in total. The Kier molecular flexibility index (Phi) is 3.04. The Morgan fingerprint density at radius 3 is 2.88 bits per heavy atom. The van der Waals surface area contributed by atoms with Crippen LogP contribution in [-0.2, 0) is 4.74 Å². The van der Waals surface area contributed by atoms with Crippen molar-refractivity contribution in [1.29, 1.82) is 0 Å². The van der Waals surface area contributed by atoms with Crippen molar-refractivity contribution in [2.75, 3.05) is 13.2 Å². The molecule has 3 rings (SSSR count). The molecular formula is C12H13NOS2. The van der Waals surface area contributed by atoms with E-state index in [1.165, 1.54) is 10.6 Å². The van der Waals surface area contributed by atoms with Gasteiger partial charge >= 0.3 is 0 Å². The van der Waals surface area contributed by atoms with E-state index in [0.717, 1.165) is 31.1 Å². The molecule has 2 aromatic heterocycles. The molecule has 2 aromatic rings. The minimum atomic E-state index is 0.610. The van der Waals surface area contributed by atoms with Gasteiger partial charge in [-0.15, -0.1) is 22.7 Å². The first-order valence-corrected chi connectivity index (χ1v) is 7.26. The van der Waals surface area contributed by atoms with Gasteiger partial charge in [0.05, 0.1) is 10.6 Å². The number of rotatable bonds is 2. The Bertz CT molecular complexity index is 443. The molecule has 1 fully saturated rings. The molecule has 16 heavy (non-hydrogen) atoms. The van der Waals surface area contributed by atoms with Crippen LogP contribution in [0.2, 0.25) is 0 Å². The maximum atomic E-state index is 5.38. The van der Waals surface area contributed by atoms with Gasteiger partial charge in [-0.2, -0.15) is 0 Å². The summed E-state index contributed by atoms with van der Waals surface area (Å²) < 4.78 is 5.38. The maximum absolute atomic E-state index is 5.38. The van der Waals surface area contributed by atoms with Crippen LogP contribution in [-0.4, -0.2) is 18.2 Å². The zero-order valence-electron chi connectivity index (χ0n) is 8.89. The van der Waals surface area contributed by atoms with E-state index in [-0.39, 0.29) is 0 Å². The van der Waals surface area contributed by atoms with Gasteiger partial charge in [0, 0.05) is 24.5 Å². The molecular weight excluding hydrogens is 238 g/mol. The van der Waals surface area contributed by atoms with Gasteiger partial charge in [-0.05, 0) is 24.3 Å². The molecule has 0 aliphatic carbocycles. The highest BCUT2D eigenvalue weighted by atomic mass is 32.1. The number of nitrogens with zero attached hydrogens (tertiary/aromatic N) is 1. The van der Waals surface area contributed by atoms with Gasteiger partial charge in [0.1, 0.15) is 5.01 Å². The lowest BCUT2D eigenvalue weighted by Gasteiger charge is -2.19. The zero-order chi connectivity index (χ0) is 10.8. The summed E-state index contributed by atoms with van der Waals surface area (Å²) in [6.07, 6.45) is 2.24. The van der Waals surface area contributed by atoms with Gasteiger partial charge in [-0.1, -0.05) is 6.07 Å². The second-order valence-electron chi connectivity index (χ2n) is 3.94. The van der Waals surface area contributed by atoms with Crippen LogP contribution >= 0.6 is 22.7 Å². The summed E-state index contributed by atoms with van der Waals surface area (Å²) in [6, 6.07) is 4.22. The summed E-state index contributed by atoms with van der Waals surface area (Å²) in [7, 11) is 0. The van der Waals surface area contributed by atoms with Crippen LogP contribution in [0.5, 0.6) is 0 Å². The van der Waals surface area contributed by atoms with Crippen LogP contribution in [0.25, 0.3) is 9.88 Å². The summed E-state index contributed by atoms with van der Waals surface area (Å²) in [5.74, 6) is 0.610. The lowest BCUT2D eigenvalue weighted by Crippen LogP contribution is -2.14. The quantitative estimate of drug-likeness (QED) is 0.810. The third kappa shape index (κ3) is 2.05. The summed E-state index contributed by atoms with van der Waals surface area (Å²) in [5, 5.41) is 5.48. The lowest BCUT2D eigenvalue weighted by molar-refractivity contribution is 0.0846. The van der Waals surface area contributed by atoms with E-state index in [4.69, 9.17) is 9.72 Å². The van der Waals surface area contributed by atoms with Crippen LogP contribution in [0.15, 0.2) is 22.9 Å². The molecule has 1 saturated heterocycles. The molecule has 1 aliphatic rings. The van der Waals surface area contributed by atoms with Gasteiger partial charge in [0.25, 0.3) is 0 Å². The Labute approximate surface area is 103 Å². The Morgan fingerprint density at radius 2 is 2.12 bits per heavy atom. The van der Waals surface area contributed by atoms with Crippen molar-refractivity contribution in [3.8, 4) is 9.88 Å². The fraction of sp³-hybridized carbons (Fsp3) is 0.417. The highest BCUT2D eigenvalue weighted by molar-refractivity contribution is 7.20. The van der Waals surface area contributed by atoms with Crippen molar-refractivity contribution in [1.82, 2.24) is 4.98 Å². The minimum Gasteiger partial charge on any atom is -0.381 e. The minimum absolute atomic E-state index is 0.610. The summed E-state index contributed by atoms with van der Waals surface area (Å²) in [5.41, 5.74) is 1.26. The van der Waals surface area contributed by atoms with Gasteiger partial charge in [0.2, 0.25) is 0 Å². The van der Waals surface area contributed by atoms with Crippen LogP contribution in [0.4, 0.5) is 0 Å². The molecule has 0 unspecified atom stereocenters. The number of ether oxygens (including phenoxy) is 1. The largest absolute Gasteiger partial charge is 0.381 e. The van der Waals surface area contributed by atoms with Gasteiger partial charge < -0.3 is 4.74 Å². The van der Waals surface area contributed by atoms with Gasteiger partial charge in [0.15, 0.2) is 0 Å². The van der Waals surface area contributed by atoms with E-state index in [0.29, 0.717) is 5.92 Å². The monoisotopic (exact) mass is 251 g/mol. The van der Waals surface area contributed by atoms with Crippen molar-refractivity contribution in [3.63, 3.8) is 0 Å². The van der Waals surface area contributed by atoms with Crippen LogP contribution in [0.1, 0.15) is 24.5 Å². The maximum Gasteiger partial charge on any atom is 0.133 e. The first-order chi connectivity index (χ1) is 7.93. The third-order valence-corrected chi connectivity index (χ3v) is 4.79. The van der Waals surface area contributed by atoms with Gasteiger partial charge in [-0.25, -0.2) is 4.98 Å². The van der Waals surface area contributed by atoms with E-state index in [9.17, 15) is 0 Å². The molecule has 1 aliphatic heterocycles. The second-order valence-corrected chi connectivity index (χ2v) is 5.75. The summed E-state index contributed by atoms with van der Waals surface area (Å²) in [4.78, 5) is 6.03. The fourth-order valence-electron chi connectivity index (χ4n) is 1.98. The molecule has 4 heteroatoms. The van der Waals surface area contributed by atoms with Gasteiger partial charge in [-0.3, -0.25) is 0 Å². The standard InChI is InChI=1S/C12H13NOS2/c1-2-11(15-7-1)12-13-10(8-16-12)9-3-5-14-6-4-9/h1-2,7-9H,3-6H2. The normalized spacial score (nSPS) is 17.8. The van der Waals surface area contributed by atoms with Crippen LogP contribution < -0.4 is 0 Å². The molecule has 2 nitrogen and oxygen atoms in total. The predicted molar refractivity (Wildman–Crippen MR) is 68.2 cm³/mol. The van der Waals surface area contributed by atoms with Crippen molar-refractivity contribution in [2.24, 2.45) is 0 Å². The number of thiophene rings is 1. The smallest absolute Gasteiger partial charge is 0.133 e. The molecule has 84 valence electrons. The molecule has 0 radical (unpaired) electrons. The molecule has 3 heterocycles. The average molecular weight is 251 g/mol. The van der Waals surface area contributed by atoms with Crippen LogP contribution in [0, 0.1) is 0 Å².